The Balaban J connectivity index is 2.19. The molecular weight excluding hydrogens is 281 g/mol. The van der Waals surface area contributed by atoms with Gasteiger partial charge in [0, 0.05) is 6.07 Å². The average Bonchev–Trinajstić information content (AvgIpc) is 2.41. The molecule has 0 aromatic heterocycles. The first-order valence-electron chi connectivity index (χ1n) is 6.30. The topological polar surface area (TPSA) is 26.3 Å². The Hall–Kier alpha value is -2.30. The van der Waals surface area contributed by atoms with Crippen LogP contribution in [0.2, 0.25) is 0 Å². The maximum atomic E-state index is 13.6. The van der Waals surface area contributed by atoms with Crippen LogP contribution in [0.5, 0.6) is 5.75 Å². The maximum absolute atomic E-state index is 13.6. The number of aryl methyl sites for hydroxylation is 1. The zero-order valence-corrected chi connectivity index (χ0v) is 11.5. The molecule has 0 amide bonds. The quantitative estimate of drug-likeness (QED) is 0.795. The Labute approximate surface area is 120 Å². The summed E-state index contributed by atoms with van der Waals surface area (Å²) in [7, 11) is 0. The Kier molecular flexibility index (Phi) is 4.31. The number of ether oxygens (including phenoxy) is 1. The van der Waals surface area contributed by atoms with Gasteiger partial charge in [0.15, 0.2) is 6.10 Å². The van der Waals surface area contributed by atoms with Crippen molar-refractivity contribution in [2.24, 2.45) is 0 Å². The van der Waals surface area contributed by atoms with E-state index >= 15 is 0 Å². The second-order valence-corrected chi connectivity index (χ2v) is 4.66. The lowest BCUT2D eigenvalue weighted by atomic mass is 10.1. The van der Waals surface area contributed by atoms with E-state index < -0.39 is 29.3 Å². The molecule has 0 radical (unpaired) electrons. The number of benzene rings is 2. The normalized spacial score (nSPS) is 12.0. The van der Waals surface area contributed by atoms with Crippen LogP contribution in [-0.4, -0.2) is 11.9 Å². The fourth-order valence-corrected chi connectivity index (χ4v) is 1.90. The van der Waals surface area contributed by atoms with Gasteiger partial charge in [-0.25, -0.2) is 13.2 Å². The van der Waals surface area contributed by atoms with Gasteiger partial charge < -0.3 is 4.74 Å². The molecule has 0 aliphatic heterocycles. The van der Waals surface area contributed by atoms with E-state index in [1.165, 1.54) is 25.1 Å². The largest absolute Gasteiger partial charge is 0.482 e. The molecule has 2 aromatic carbocycles. The van der Waals surface area contributed by atoms with Gasteiger partial charge in [-0.15, -0.1) is 0 Å². The summed E-state index contributed by atoms with van der Waals surface area (Å²) in [4.78, 5) is 12.1. The minimum Gasteiger partial charge on any atom is -0.482 e. The fraction of sp³-hybridized carbons (Fsp3) is 0.188. The number of ketones is 1. The van der Waals surface area contributed by atoms with E-state index in [4.69, 9.17) is 4.74 Å². The highest BCUT2D eigenvalue weighted by Crippen LogP contribution is 2.21. The van der Waals surface area contributed by atoms with Crippen LogP contribution in [0.1, 0.15) is 22.8 Å². The van der Waals surface area contributed by atoms with Crippen molar-refractivity contribution in [3.05, 3.63) is 65.0 Å². The van der Waals surface area contributed by atoms with Crippen molar-refractivity contribution in [1.82, 2.24) is 0 Å². The summed E-state index contributed by atoms with van der Waals surface area (Å²) in [6, 6.07) is 6.60. The monoisotopic (exact) mass is 294 g/mol. The highest BCUT2D eigenvalue weighted by molar-refractivity contribution is 5.99. The molecule has 0 heterocycles. The smallest absolute Gasteiger partial charge is 0.205 e. The maximum Gasteiger partial charge on any atom is 0.205 e. The summed E-state index contributed by atoms with van der Waals surface area (Å²) < 4.78 is 44.8. The van der Waals surface area contributed by atoms with E-state index in [1.54, 1.807) is 6.92 Å². The van der Waals surface area contributed by atoms with Gasteiger partial charge >= 0.3 is 0 Å². The number of hydrogen-bond donors (Lipinski definition) is 0. The van der Waals surface area contributed by atoms with E-state index in [-0.39, 0.29) is 5.56 Å². The summed E-state index contributed by atoms with van der Waals surface area (Å²) in [5.41, 5.74) is 0.276. The highest BCUT2D eigenvalue weighted by Gasteiger charge is 2.21. The molecule has 5 heteroatoms. The van der Waals surface area contributed by atoms with Crippen molar-refractivity contribution in [2.45, 2.75) is 20.0 Å². The lowest BCUT2D eigenvalue weighted by molar-refractivity contribution is 0.0812. The van der Waals surface area contributed by atoms with Gasteiger partial charge in [0.2, 0.25) is 5.78 Å². The van der Waals surface area contributed by atoms with Crippen molar-refractivity contribution in [3.8, 4) is 5.75 Å². The van der Waals surface area contributed by atoms with Crippen LogP contribution in [-0.2, 0) is 0 Å². The lowest BCUT2D eigenvalue weighted by Gasteiger charge is -2.15. The number of carbonyl (C=O) groups is 1. The zero-order chi connectivity index (χ0) is 15.6. The first kappa shape index (κ1) is 15.1. The molecule has 0 N–H and O–H groups in total. The van der Waals surface area contributed by atoms with Gasteiger partial charge in [0.1, 0.15) is 23.2 Å². The van der Waals surface area contributed by atoms with Gasteiger partial charge in [-0.1, -0.05) is 0 Å². The Morgan fingerprint density at radius 3 is 2.29 bits per heavy atom. The molecule has 110 valence electrons. The van der Waals surface area contributed by atoms with Crippen LogP contribution >= 0.6 is 0 Å². The highest BCUT2D eigenvalue weighted by atomic mass is 19.1. The van der Waals surface area contributed by atoms with E-state index in [0.29, 0.717) is 17.4 Å². The lowest BCUT2D eigenvalue weighted by Crippen LogP contribution is -2.25. The van der Waals surface area contributed by atoms with Crippen LogP contribution in [0.25, 0.3) is 0 Å². The fourth-order valence-electron chi connectivity index (χ4n) is 1.90. The standard InChI is InChI=1S/C16H13F3O2/c1-9-7-11(17)4-6-15(9)21-10(2)16(20)13-5-3-12(18)8-14(13)19/h3-8,10H,1-2H3. The molecule has 0 bridgehead atoms. The number of Topliss-reactive ketones (excluding diaryl/α,β-unsaturated/α-hetero) is 1. The van der Waals surface area contributed by atoms with Crippen molar-refractivity contribution < 1.29 is 22.7 Å². The van der Waals surface area contributed by atoms with Crippen molar-refractivity contribution in [2.75, 3.05) is 0 Å². The summed E-state index contributed by atoms with van der Waals surface area (Å²) >= 11 is 0. The zero-order valence-electron chi connectivity index (χ0n) is 11.5. The first-order valence-corrected chi connectivity index (χ1v) is 6.30. The summed E-state index contributed by atoms with van der Waals surface area (Å²) in [5, 5.41) is 0. The molecule has 2 rings (SSSR count). The average molecular weight is 294 g/mol. The molecule has 2 aromatic rings. The SMILES string of the molecule is Cc1cc(F)ccc1OC(C)C(=O)c1ccc(F)cc1F. The predicted octanol–water partition coefficient (Wildman–Crippen LogP) is 4.06. The molecular formula is C16H13F3O2. The number of rotatable bonds is 4. The number of carbonyl (C=O) groups excluding carboxylic acids is 1. The summed E-state index contributed by atoms with van der Waals surface area (Å²) in [5.74, 6) is -2.39. The third-order valence-corrected chi connectivity index (χ3v) is 3.01. The first-order chi connectivity index (χ1) is 9.88. The van der Waals surface area contributed by atoms with Crippen LogP contribution in [0.4, 0.5) is 13.2 Å². The second kappa shape index (κ2) is 5.99. The van der Waals surface area contributed by atoms with Gasteiger partial charge in [0.05, 0.1) is 5.56 Å². The molecule has 0 saturated carbocycles. The van der Waals surface area contributed by atoms with Gasteiger partial charge in [-0.05, 0) is 49.7 Å². The molecule has 2 nitrogen and oxygen atoms in total. The van der Waals surface area contributed by atoms with Crippen LogP contribution in [0.3, 0.4) is 0 Å². The molecule has 0 aliphatic rings. The molecule has 0 spiro atoms. The minimum atomic E-state index is -0.978. The van der Waals surface area contributed by atoms with E-state index in [2.05, 4.69) is 0 Å². The second-order valence-electron chi connectivity index (χ2n) is 4.66. The molecule has 0 saturated heterocycles. The van der Waals surface area contributed by atoms with Crippen molar-refractivity contribution in [1.29, 1.82) is 0 Å². The summed E-state index contributed by atoms with van der Waals surface area (Å²) in [6.45, 7) is 3.09. The number of halogens is 3. The third-order valence-electron chi connectivity index (χ3n) is 3.01. The van der Waals surface area contributed by atoms with Crippen molar-refractivity contribution in [3.63, 3.8) is 0 Å². The van der Waals surface area contributed by atoms with E-state index in [1.807, 2.05) is 0 Å². The Morgan fingerprint density at radius 1 is 1.05 bits per heavy atom. The van der Waals surface area contributed by atoms with Crippen LogP contribution < -0.4 is 4.74 Å². The van der Waals surface area contributed by atoms with Crippen LogP contribution in [0.15, 0.2) is 36.4 Å². The van der Waals surface area contributed by atoms with E-state index in [0.717, 1.165) is 12.1 Å². The van der Waals surface area contributed by atoms with Gasteiger partial charge in [-0.2, -0.15) is 0 Å². The Morgan fingerprint density at radius 2 is 1.67 bits per heavy atom. The molecule has 0 aliphatic carbocycles. The Bertz CT molecular complexity index is 683. The van der Waals surface area contributed by atoms with Gasteiger partial charge in [-0.3, -0.25) is 4.79 Å². The van der Waals surface area contributed by atoms with E-state index in [9.17, 15) is 18.0 Å². The molecule has 0 fully saturated rings. The van der Waals surface area contributed by atoms with Gasteiger partial charge in [0.25, 0.3) is 0 Å². The molecule has 1 unspecified atom stereocenters. The molecule has 21 heavy (non-hydrogen) atoms. The predicted molar refractivity (Wildman–Crippen MR) is 71.9 cm³/mol. The minimum absolute atomic E-state index is 0.247. The summed E-state index contributed by atoms with van der Waals surface area (Å²) in [6.07, 6.45) is -0.978. The number of hydrogen-bond acceptors (Lipinski definition) is 2. The third kappa shape index (κ3) is 3.42. The van der Waals surface area contributed by atoms with Crippen molar-refractivity contribution >= 4 is 5.78 Å². The van der Waals surface area contributed by atoms with Crippen LogP contribution in [0, 0.1) is 24.4 Å². The molecule has 1 atom stereocenters.